The smallest absolute Gasteiger partial charge is 0.306 e. The highest BCUT2D eigenvalue weighted by Gasteiger charge is 2.21. The normalized spacial score (nSPS) is 14.2. The average molecular weight is 770 g/mol. The number of ether oxygens (including phenoxy) is 2. The van der Waals surface area contributed by atoms with Gasteiger partial charge in [-0.05, 0) is 57.8 Å². The number of rotatable bonds is 37. The fraction of sp³-hybridized carbons (Fsp3) is 0.762. The number of phosphoric acid groups is 1. The van der Waals surface area contributed by atoms with Crippen molar-refractivity contribution in [2.24, 2.45) is 0 Å². The molecule has 0 aliphatic rings. The summed E-state index contributed by atoms with van der Waals surface area (Å²) in [5.41, 5.74) is 0. The van der Waals surface area contributed by atoms with E-state index in [0.29, 0.717) is 23.9 Å². The molecule has 1 unspecified atom stereocenters. The predicted octanol–water partition coefficient (Wildman–Crippen LogP) is 9.47. The van der Waals surface area contributed by atoms with Gasteiger partial charge in [0.25, 0.3) is 7.82 Å². The van der Waals surface area contributed by atoms with Crippen LogP contribution in [0.15, 0.2) is 48.6 Å². The van der Waals surface area contributed by atoms with E-state index in [1.54, 1.807) is 0 Å². The van der Waals surface area contributed by atoms with E-state index in [1.165, 1.54) is 44.9 Å². The van der Waals surface area contributed by atoms with Crippen LogP contribution >= 0.6 is 7.82 Å². The van der Waals surface area contributed by atoms with Gasteiger partial charge in [0.15, 0.2) is 6.10 Å². The molecular formula is C42H76NO9P. The van der Waals surface area contributed by atoms with E-state index in [0.717, 1.165) is 70.6 Å². The lowest BCUT2D eigenvalue weighted by atomic mass is 10.1. The minimum atomic E-state index is -4.64. The van der Waals surface area contributed by atoms with E-state index in [2.05, 4.69) is 49.5 Å². The van der Waals surface area contributed by atoms with E-state index in [4.69, 9.17) is 23.6 Å². The van der Waals surface area contributed by atoms with Gasteiger partial charge in [0.1, 0.15) is 19.8 Å². The molecule has 0 saturated carbocycles. The number of quaternary nitrogens is 1. The zero-order valence-corrected chi connectivity index (χ0v) is 34.8. The molecular weight excluding hydrogens is 693 g/mol. The highest BCUT2D eigenvalue weighted by Crippen LogP contribution is 2.38. The molecule has 11 heteroatoms. The molecule has 0 aromatic heterocycles. The molecule has 1 N–H and O–H groups in total. The lowest BCUT2D eigenvalue weighted by Crippen LogP contribution is -2.37. The van der Waals surface area contributed by atoms with Crippen molar-refractivity contribution in [2.45, 2.75) is 154 Å². The molecule has 2 atom stereocenters. The summed E-state index contributed by atoms with van der Waals surface area (Å²) >= 11 is 0. The van der Waals surface area contributed by atoms with Gasteiger partial charge < -0.3 is 33.0 Å². The minimum absolute atomic E-state index is 0.0444. The number of unbranched alkanes of at least 4 members (excludes halogenated alkanes) is 14. The number of hydrogen-bond acceptors (Lipinski definition) is 9. The molecule has 0 aliphatic carbocycles. The van der Waals surface area contributed by atoms with E-state index in [1.807, 2.05) is 27.2 Å². The summed E-state index contributed by atoms with van der Waals surface area (Å²) in [6.07, 6.45) is 37.3. The van der Waals surface area contributed by atoms with Crippen molar-refractivity contribution < 1.29 is 47.2 Å². The van der Waals surface area contributed by atoms with Gasteiger partial charge in [-0.3, -0.25) is 14.2 Å². The predicted molar refractivity (Wildman–Crippen MR) is 214 cm³/mol. The molecule has 0 aromatic carbocycles. The number of phosphoric ester groups is 1. The molecule has 0 aromatic rings. The van der Waals surface area contributed by atoms with Crippen LogP contribution in [0.25, 0.3) is 0 Å². The second kappa shape index (κ2) is 35.6. The largest absolute Gasteiger partial charge is 0.756 e. The number of aliphatic hydroxyl groups excluding tert-OH is 1. The van der Waals surface area contributed by atoms with E-state index in [9.17, 15) is 19.0 Å². The molecule has 0 radical (unpaired) electrons. The number of aliphatic hydroxyl groups is 1. The maximum Gasteiger partial charge on any atom is 0.306 e. The Morgan fingerprint density at radius 3 is 1.68 bits per heavy atom. The molecule has 0 fully saturated rings. The maximum absolute atomic E-state index is 12.6. The molecule has 0 spiro atoms. The summed E-state index contributed by atoms with van der Waals surface area (Å²) < 4.78 is 33.7. The molecule has 308 valence electrons. The van der Waals surface area contributed by atoms with Crippen LogP contribution in [0.4, 0.5) is 0 Å². The van der Waals surface area contributed by atoms with Crippen molar-refractivity contribution in [1.82, 2.24) is 0 Å². The van der Waals surface area contributed by atoms with E-state index < -0.39 is 32.5 Å². The quantitative estimate of drug-likeness (QED) is 0.0216. The Morgan fingerprint density at radius 2 is 1.13 bits per heavy atom. The molecule has 0 heterocycles. The Balaban J connectivity index is 4.47. The Kier molecular flexibility index (Phi) is 34.2. The summed E-state index contributed by atoms with van der Waals surface area (Å²) in [6, 6.07) is 0. The lowest BCUT2D eigenvalue weighted by molar-refractivity contribution is -0.870. The summed E-state index contributed by atoms with van der Waals surface area (Å²) in [6.45, 7) is 2.14. The Hall–Kier alpha value is -2.07. The van der Waals surface area contributed by atoms with E-state index >= 15 is 0 Å². The Labute approximate surface area is 323 Å². The van der Waals surface area contributed by atoms with Gasteiger partial charge in [-0.25, -0.2) is 0 Å². The standard InChI is InChI=1S/C42H76NO9P/c1-5-6-7-8-9-10-18-22-25-28-31-34-42(46)52-40(39-51-53(47,48)50-37-35-43(2,3)4)38-49-41(45)33-30-27-24-21-19-16-14-12-11-13-15-17-20-23-26-29-32-36-44/h11,13-14,16-17,20-21,24,40,44H,5-10,12,15,18-19,22-23,25-39H2,1-4H3/b13-11-,16-14-,20-17-,24-21-/t40-/m1/s1. The van der Waals surface area contributed by atoms with Crippen LogP contribution in [0.2, 0.25) is 0 Å². The SMILES string of the molecule is CCCCCCCCCCCCCC(=O)O[C@H](COC(=O)CCC/C=C\C/C=C\C/C=C\C/C=C\CCCCCO)COP(=O)([O-])OCC[N+](C)(C)C. The topological polar surface area (TPSA) is 131 Å². The van der Waals surface area contributed by atoms with E-state index in [-0.39, 0.29) is 32.7 Å². The van der Waals surface area contributed by atoms with Crippen molar-refractivity contribution in [3.63, 3.8) is 0 Å². The van der Waals surface area contributed by atoms with Gasteiger partial charge in [0.05, 0.1) is 27.7 Å². The second-order valence-electron chi connectivity index (χ2n) is 14.7. The number of allylic oxidation sites excluding steroid dienone is 8. The third-order valence-electron chi connectivity index (χ3n) is 8.41. The first-order chi connectivity index (χ1) is 25.5. The third-order valence-corrected chi connectivity index (χ3v) is 9.37. The number of nitrogens with zero attached hydrogens (tertiary/aromatic N) is 1. The summed E-state index contributed by atoms with van der Waals surface area (Å²) in [5.74, 6) is -0.917. The van der Waals surface area contributed by atoms with Crippen molar-refractivity contribution >= 4 is 19.8 Å². The molecule has 10 nitrogen and oxygen atoms in total. The fourth-order valence-corrected chi connectivity index (χ4v) is 5.88. The molecule has 0 aliphatic heterocycles. The zero-order chi connectivity index (χ0) is 39.3. The van der Waals surface area contributed by atoms with Crippen LogP contribution in [-0.2, 0) is 32.7 Å². The molecule has 0 rings (SSSR count). The number of carbonyl (C=O) groups excluding carboxylic acids is 2. The average Bonchev–Trinajstić information content (AvgIpc) is 3.10. The molecule has 0 saturated heterocycles. The Bertz CT molecular complexity index is 1050. The number of esters is 2. The molecule has 0 bridgehead atoms. The fourth-order valence-electron chi connectivity index (χ4n) is 5.15. The second-order valence-corrected chi connectivity index (χ2v) is 16.1. The highest BCUT2D eigenvalue weighted by molar-refractivity contribution is 7.45. The number of likely N-dealkylation sites (N-methyl/N-ethyl adjacent to an activating group) is 1. The first kappa shape index (κ1) is 50.9. The van der Waals surface area contributed by atoms with Crippen LogP contribution in [-0.4, -0.2) is 81.7 Å². The van der Waals surface area contributed by atoms with Gasteiger partial charge in [-0.1, -0.05) is 126 Å². The molecule has 0 amide bonds. The van der Waals surface area contributed by atoms with Gasteiger partial charge in [-0.2, -0.15) is 0 Å². The lowest BCUT2D eigenvalue weighted by Gasteiger charge is -2.28. The van der Waals surface area contributed by atoms with Crippen molar-refractivity contribution in [2.75, 3.05) is 54.1 Å². The van der Waals surface area contributed by atoms with Crippen molar-refractivity contribution in [1.29, 1.82) is 0 Å². The van der Waals surface area contributed by atoms with Gasteiger partial charge in [0, 0.05) is 19.4 Å². The highest BCUT2D eigenvalue weighted by atomic mass is 31.2. The maximum atomic E-state index is 12.6. The van der Waals surface area contributed by atoms with Gasteiger partial charge in [-0.15, -0.1) is 0 Å². The van der Waals surface area contributed by atoms with Crippen LogP contribution in [0.5, 0.6) is 0 Å². The van der Waals surface area contributed by atoms with Crippen LogP contribution in [0.3, 0.4) is 0 Å². The first-order valence-corrected chi connectivity index (χ1v) is 21.9. The summed E-state index contributed by atoms with van der Waals surface area (Å²) in [5, 5.41) is 8.79. The summed E-state index contributed by atoms with van der Waals surface area (Å²) in [7, 11) is 1.12. The monoisotopic (exact) mass is 770 g/mol. The van der Waals surface area contributed by atoms with Crippen molar-refractivity contribution in [3.05, 3.63) is 48.6 Å². The van der Waals surface area contributed by atoms with Crippen LogP contribution in [0, 0.1) is 0 Å². The van der Waals surface area contributed by atoms with Crippen LogP contribution < -0.4 is 4.89 Å². The minimum Gasteiger partial charge on any atom is -0.756 e. The van der Waals surface area contributed by atoms with Gasteiger partial charge >= 0.3 is 11.9 Å². The zero-order valence-electron chi connectivity index (χ0n) is 33.9. The van der Waals surface area contributed by atoms with Crippen molar-refractivity contribution in [3.8, 4) is 0 Å². The van der Waals surface area contributed by atoms with Crippen LogP contribution in [0.1, 0.15) is 148 Å². The van der Waals surface area contributed by atoms with Gasteiger partial charge in [0.2, 0.25) is 0 Å². The third kappa shape index (κ3) is 39.4. The first-order valence-electron chi connectivity index (χ1n) is 20.5. The summed E-state index contributed by atoms with van der Waals surface area (Å²) in [4.78, 5) is 37.3. The molecule has 53 heavy (non-hydrogen) atoms. The number of hydrogen-bond donors (Lipinski definition) is 1. The Morgan fingerprint density at radius 1 is 0.642 bits per heavy atom. The number of carbonyl (C=O) groups is 2.